The fraction of sp³-hybridized carbons (Fsp3) is 0.0714. The van der Waals surface area contributed by atoms with E-state index >= 15 is 0 Å². The largest absolute Gasteiger partial charge is 0.261 e. The highest BCUT2D eigenvalue weighted by molar-refractivity contribution is 7.92. The van der Waals surface area contributed by atoms with Gasteiger partial charge in [0.15, 0.2) is 0 Å². The van der Waals surface area contributed by atoms with Crippen molar-refractivity contribution in [1.29, 1.82) is 5.26 Å². The minimum Gasteiger partial charge on any atom is -0.220 e. The third kappa shape index (κ3) is 3.08. The Bertz CT molecular complexity index is 735. The van der Waals surface area contributed by atoms with Crippen LogP contribution in [-0.4, -0.2) is 13.8 Å². The molecule has 0 aliphatic carbocycles. The lowest BCUT2D eigenvalue weighted by Gasteiger charge is -2.05. The molecule has 0 spiro atoms. The van der Waals surface area contributed by atoms with E-state index in [9.17, 15) is 8.42 Å². The maximum Gasteiger partial charge on any atom is 0.261 e. The molecule has 0 N–H and O–H groups in total. The van der Waals surface area contributed by atoms with Crippen molar-refractivity contribution in [3.63, 3.8) is 0 Å². The fourth-order valence-electron chi connectivity index (χ4n) is 1.51. The summed E-state index contributed by atoms with van der Waals surface area (Å²) < 4.78 is 24.4. The highest BCUT2D eigenvalue weighted by atomic mass is 32.2. The van der Waals surface area contributed by atoms with E-state index in [0.29, 0.717) is 5.69 Å². The van der Waals surface area contributed by atoms with E-state index in [-0.39, 0.29) is 4.90 Å². The van der Waals surface area contributed by atoms with Crippen molar-refractivity contribution in [3.8, 4) is 6.07 Å². The maximum atomic E-state index is 12.2. The maximum absolute atomic E-state index is 12.2. The van der Waals surface area contributed by atoms with Crippen LogP contribution in [0, 0.1) is 11.3 Å². The molecule has 6 heteroatoms. The Morgan fingerprint density at radius 2 is 1.50 bits per heavy atom. The molecule has 0 fully saturated rings. The van der Waals surface area contributed by atoms with Crippen LogP contribution in [0.3, 0.4) is 0 Å². The van der Waals surface area contributed by atoms with Crippen molar-refractivity contribution in [2.24, 2.45) is 10.2 Å². The normalized spacial score (nSPS) is 12.9. The van der Waals surface area contributed by atoms with Crippen LogP contribution in [0.5, 0.6) is 0 Å². The first-order valence-corrected chi connectivity index (χ1v) is 7.33. The van der Waals surface area contributed by atoms with Gasteiger partial charge in [0.25, 0.3) is 5.37 Å². The highest BCUT2D eigenvalue weighted by Crippen LogP contribution is 2.18. The van der Waals surface area contributed by atoms with Crippen molar-refractivity contribution >= 4 is 15.5 Å². The van der Waals surface area contributed by atoms with E-state index < -0.39 is 15.2 Å². The predicted octanol–water partition coefficient (Wildman–Crippen LogP) is 3.09. The molecule has 0 aromatic heterocycles. The van der Waals surface area contributed by atoms with Crippen LogP contribution in [0.4, 0.5) is 5.69 Å². The van der Waals surface area contributed by atoms with E-state index in [1.807, 2.05) is 6.07 Å². The zero-order valence-electron chi connectivity index (χ0n) is 10.4. The monoisotopic (exact) mass is 285 g/mol. The van der Waals surface area contributed by atoms with Crippen LogP contribution < -0.4 is 0 Å². The molecule has 0 aliphatic heterocycles. The van der Waals surface area contributed by atoms with Crippen LogP contribution in [0.15, 0.2) is 75.8 Å². The molecule has 0 bridgehead atoms. The molecular weight excluding hydrogens is 274 g/mol. The standard InChI is InChI=1S/C14H11N3O2S/c15-11-14(17-16-12-7-3-1-4-8-12)20(18,19)13-9-5-2-6-10-13/h1-10,14H. The Balaban J connectivity index is 2.30. The minimum absolute atomic E-state index is 0.0542. The van der Waals surface area contributed by atoms with E-state index in [2.05, 4.69) is 10.2 Å². The zero-order valence-corrected chi connectivity index (χ0v) is 11.2. The summed E-state index contributed by atoms with van der Waals surface area (Å²) in [4.78, 5) is 0.0542. The summed E-state index contributed by atoms with van der Waals surface area (Å²) in [5.74, 6) is 0. The van der Waals surface area contributed by atoms with E-state index in [0.717, 1.165) is 0 Å². The number of azo groups is 1. The molecular formula is C14H11N3O2S. The van der Waals surface area contributed by atoms with Crippen LogP contribution in [0.1, 0.15) is 0 Å². The number of hydrogen-bond donors (Lipinski definition) is 0. The number of rotatable bonds is 4. The molecule has 0 heterocycles. The molecule has 0 saturated heterocycles. The van der Waals surface area contributed by atoms with Gasteiger partial charge in [0, 0.05) is 0 Å². The van der Waals surface area contributed by atoms with Gasteiger partial charge < -0.3 is 0 Å². The van der Waals surface area contributed by atoms with Crippen molar-refractivity contribution in [1.82, 2.24) is 0 Å². The Kier molecular flexibility index (Phi) is 4.23. The van der Waals surface area contributed by atoms with Gasteiger partial charge in [-0.1, -0.05) is 36.4 Å². The Labute approximate surface area is 117 Å². The van der Waals surface area contributed by atoms with E-state index in [1.54, 1.807) is 48.5 Å². The Morgan fingerprint density at radius 1 is 0.950 bits per heavy atom. The van der Waals surface area contributed by atoms with Crippen molar-refractivity contribution in [2.75, 3.05) is 0 Å². The van der Waals surface area contributed by atoms with E-state index in [1.165, 1.54) is 12.1 Å². The number of hydrogen-bond acceptors (Lipinski definition) is 5. The third-order valence-corrected chi connectivity index (χ3v) is 4.23. The average Bonchev–Trinajstić information content (AvgIpc) is 2.49. The van der Waals surface area contributed by atoms with Crippen molar-refractivity contribution in [2.45, 2.75) is 10.3 Å². The Morgan fingerprint density at radius 3 is 2.05 bits per heavy atom. The summed E-state index contributed by atoms with van der Waals surface area (Å²) in [6, 6.07) is 18.1. The molecule has 2 rings (SSSR count). The average molecular weight is 285 g/mol. The molecule has 1 unspecified atom stereocenters. The van der Waals surface area contributed by atoms with E-state index in [4.69, 9.17) is 5.26 Å². The van der Waals surface area contributed by atoms with Crippen LogP contribution in [0.25, 0.3) is 0 Å². The predicted molar refractivity (Wildman–Crippen MR) is 74.0 cm³/mol. The summed E-state index contributed by atoms with van der Waals surface area (Å²) in [5, 5.41) is 14.9. The van der Waals surface area contributed by atoms with Gasteiger partial charge in [-0.2, -0.15) is 15.5 Å². The number of benzene rings is 2. The van der Waals surface area contributed by atoms with Gasteiger partial charge in [-0.05, 0) is 24.3 Å². The molecule has 5 nitrogen and oxygen atoms in total. The summed E-state index contributed by atoms with van der Waals surface area (Å²) in [6.07, 6.45) is 0. The van der Waals surface area contributed by atoms with Gasteiger partial charge in [0.2, 0.25) is 9.84 Å². The lowest BCUT2D eigenvalue weighted by Crippen LogP contribution is -2.16. The van der Waals surface area contributed by atoms with Crippen molar-refractivity contribution in [3.05, 3.63) is 60.7 Å². The SMILES string of the molecule is N#CC(N=Nc1ccccc1)S(=O)(=O)c1ccccc1. The first-order valence-electron chi connectivity index (χ1n) is 5.79. The summed E-state index contributed by atoms with van der Waals surface area (Å²) >= 11 is 0. The second-order valence-corrected chi connectivity index (χ2v) is 5.90. The lowest BCUT2D eigenvalue weighted by atomic mass is 10.3. The van der Waals surface area contributed by atoms with Crippen molar-refractivity contribution < 1.29 is 8.42 Å². The first kappa shape index (κ1) is 13.9. The molecule has 20 heavy (non-hydrogen) atoms. The van der Waals surface area contributed by atoms with Gasteiger partial charge in [0.1, 0.15) is 6.07 Å². The zero-order chi connectivity index (χ0) is 14.4. The van der Waals surface area contributed by atoms with Gasteiger partial charge in [0.05, 0.1) is 10.6 Å². The van der Waals surface area contributed by atoms with Gasteiger partial charge >= 0.3 is 0 Å². The molecule has 100 valence electrons. The molecule has 2 aromatic rings. The van der Waals surface area contributed by atoms with Crippen LogP contribution >= 0.6 is 0 Å². The van der Waals surface area contributed by atoms with Gasteiger partial charge in [-0.25, -0.2) is 8.42 Å². The summed E-state index contributed by atoms with van der Waals surface area (Å²) in [7, 11) is -3.84. The number of sulfone groups is 1. The van der Waals surface area contributed by atoms with Crippen LogP contribution in [-0.2, 0) is 9.84 Å². The second kappa shape index (κ2) is 6.08. The first-order chi connectivity index (χ1) is 9.64. The summed E-state index contributed by atoms with van der Waals surface area (Å²) in [5.41, 5.74) is 0.496. The highest BCUT2D eigenvalue weighted by Gasteiger charge is 2.27. The molecule has 0 saturated carbocycles. The third-order valence-electron chi connectivity index (χ3n) is 2.51. The number of nitriles is 1. The molecule has 0 aliphatic rings. The topological polar surface area (TPSA) is 82.7 Å². The summed E-state index contributed by atoms with van der Waals surface area (Å²) in [6.45, 7) is 0. The van der Waals surface area contributed by atoms with Crippen LogP contribution in [0.2, 0.25) is 0 Å². The molecule has 1 atom stereocenters. The number of nitrogens with zero attached hydrogens (tertiary/aromatic N) is 3. The van der Waals surface area contributed by atoms with Gasteiger partial charge in [-0.3, -0.25) is 0 Å². The Hall–Kier alpha value is -2.52. The lowest BCUT2D eigenvalue weighted by molar-refractivity contribution is 0.589. The van der Waals surface area contributed by atoms with Gasteiger partial charge in [-0.15, -0.1) is 0 Å². The molecule has 2 aromatic carbocycles. The molecule has 0 radical (unpaired) electrons. The molecule has 0 amide bonds. The smallest absolute Gasteiger partial charge is 0.220 e. The fourth-order valence-corrected chi connectivity index (χ4v) is 2.61. The quantitative estimate of drug-likeness (QED) is 0.809. The minimum atomic E-state index is -3.84. The second-order valence-electron chi connectivity index (χ2n) is 3.89.